The predicted octanol–water partition coefficient (Wildman–Crippen LogP) is 6.34. The van der Waals surface area contributed by atoms with Gasteiger partial charge in [-0.1, -0.05) is 47.5 Å². The number of nitro groups is 1. The van der Waals surface area contributed by atoms with Crippen LogP contribution >= 0.6 is 11.6 Å². The minimum atomic E-state index is -0.482. The molecule has 0 aliphatic carbocycles. The average molecular weight is 559 g/mol. The number of anilines is 2. The Morgan fingerprint density at radius 1 is 0.950 bits per heavy atom. The molecule has 204 valence electrons. The number of aryl methyl sites for hydroxylation is 2. The Balaban J connectivity index is 1.30. The van der Waals surface area contributed by atoms with Crippen molar-refractivity contribution in [3.8, 4) is 11.3 Å². The molecule has 2 heterocycles. The van der Waals surface area contributed by atoms with Crippen molar-refractivity contribution in [1.82, 2.24) is 4.90 Å². The van der Waals surface area contributed by atoms with Gasteiger partial charge in [0.2, 0.25) is 0 Å². The fourth-order valence-corrected chi connectivity index (χ4v) is 5.00. The van der Waals surface area contributed by atoms with Crippen LogP contribution < -0.4 is 10.2 Å². The lowest BCUT2D eigenvalue weighted by Gasteiger charge is -2.37. The summed E-state index contributed by atoms with van der Waals surface area (Å²) in [5.41, 5.74) is 3.94. The van der Waals surface area contributed by atoms with E-state index in [1.807, 2.05) is 36.1 Å². The fraction of sp³-hybridized carbons (Fsp3) is 0.200. The molecule has 1 aliphatic heterocycles. The number of carbonyl (C=O) groups excluding carboxylic acids is 2. The van der Waals surface area contributed by atoms with E-state index in [1.54, 1.807) is 43.3 Å². The second-order valence-corrected chi connectivity index (χ2v) is 10.1. The largest absolute Gasteiger partial charge is 0.451 e. The van der Waals surface area contributed by atoms with Crippen molar-refractivity contribution in [2.24, 2.45) is 0 Å². The van der Waals surface area contributed by atoms with Gasteiger partial charge < -0.3 is 19.5 Å². The maximum Gasteiger partial charge on any atom is 0.291 e. The van der Waals surface area contributed by atoms with E-state index >= 15 is 0 Å². The molecule has 5 rings (SSSR count). The molecule has 1 N–H and O–H groups in total. The van der Waals surface area contributed by atoms with Crippen LogP contribution in [0.15, 0.2) is 77.2 Å². The Bertz CT molecular complexity index is 1590. The van der Waals surface area contributed by atoms with Crippen LogP contribution in [-0.2, 0) is 0 Å². The van der Waals surface area contributed by atoms with Crippen molar-refractivity contribution in [3.05, 3.63) is 110 Å². The van der Waals surface area contributed by atoms with Crippen molar-refractivity contribution in [2.45, 2.75) is 13.8 Å². The van der Waals surface area contributed by atoms with Crippen LogP contribution in [0.2, 0.25) is 5.02 Å². The topological polar surface area (TPSA) is 109 Å². The normalized spacial score (nSPS) is 13.3. The quantitative estimate of drug-likeness (QED) is 0.218. The Labute approximate surface area is 236 Å². The zero-order valence-corrected chi connectivity index (χ0v) is 22.8. The van der Waals surface area contributed by atoms with E-state index in [2.05, 4.69) is 10.2 Å². The standard InChI is InChI=1S/C30H27ClN4O5/c1-19-6-9-21(10-7-19)30(37)34-16-14-33(15-17-34)28-23(31)4-3-5-24(28)32-29(36)27-13-12-26(40-27)22-11-8-20(2)25(18-22)35(38)39/h3-13,18H,14-17H2,1-2H3,(H,32,36). The van der Waals surface area contributed by atoms with Gasteiger partial charge in [-0.05, 0) is 50.2 Å². The number of rotatable bonds is 6. The molecule has 1 saturated heterocycles. The van der Waals surface area contributed by atoms with Crippen molar-refractivity contribution in [3.63, 3.8) is 0 Å². The first kappa shape index (κ1) is 27.0. The lowest BCUT2D eigenvalue weighted by atomic mass is 10.1. The van der Waals surface area contributed by atoms with E-state index in [9.17, 15) is 19.7 Å². The molecule has 3 aromatic carbocycles. The van der Waals surface area contributed by atoms with Gasteiger partial charge in [0.1, 0.15) is 5.76 Å². The number of hydrogen-bond acceptors (Lipinski definition) is 6. The molecule has 0 spiro atoms. The van der Waals surface area contributed by atoms with Crippen LogP contribution in [0.25, 0.3) is 11.3 Å². The van der Waals surface area contributed by atoms with Crippen LogP contribution in [-0.4, -0.2) is 47.8 Å². The molecule has 0 atom stereocenters. The van der Waals surface area contributed by atoms with Crippen molar-refractivity contribution >= 4 is 40.5 Å². The van der Waals surface area contributed by atoms with E-state index in [1.165, 1.54) is 12.1 Å². The summed E-state index contributed by atoms with van der Waals surface area (Å²) in [4.78, 5) is 40.8. The molecule has 1 aromatic heterocycles. The molecule has 0 radical (unpaired) electrons. The second-order valence-electron chi connectivity index (χ2n) is 9.66. The number of para-hydroxylation sites is 1. The van der Waals surface area contributed by atoms with Gasteiger partial charge >= 0.3 is 0 Å². The number of amides is 2. The molecule has 2 amide bonds. The lowest BCUT2D eigenvalue weighted by Crippen LogP contribution is -2.49. The molecule has 0 unspecified atom stereocenters. The summed E-state index contributed by atoms with van der Waals surface area (Å²) in [6.07, 6.45) is 0. The van der Waals surface area contributed by atoms with Crippen molar-refractivity contribution in [1.29, 1.82) is 0 Å². The molecule has 4 aromatic rings. The maximum absolute atomic E-state index is 13.1. The SMILES string of the molecule is Cc1ccc(C(=O)N2CCN(c3c(Cl)cccc3NC(=O)c3ccc(-c4ccc(C)c([N+](=O)[O-])c4)o3)CC2)cc1. The third kappa shape index (κ3) is 5.55. The van der Waals surface area contributed by atoms with E-state index < -0.39 is 10.8 Å². The molecule has 9 nitrogen and oxygen atoms in total. The highest BCUT2D eigenvalue weighted by Crippen LogP contribution is 2.35. The number of carbonyl (C=O) groups is 2. The number of benzene rings is 3. The predicted molar refractivity (Wildman–Crippen MR) is 154 cm³/mol. The molecule has 0 saturated carbocycles. The summed E-state index contributed by atoms with van der Waals surface area (Å²) in [5.74, 6) is -0.101. The Hall–Kier alpha value is -4.63. The summed E-state index contributed by atoms with van der Waals surface area (Å²) >= 11 is 6.59. The highest BCUT2D eigenvalue weighted by atomic mass is 35.5. The summed E-state index contributed by atoms with van der Waals surface area (Å²) in [7, 11) is 0. The Kier molecular flexibility index (Phi) is 7.57. The number of nitrogens with one attached hydrogen (secondary N) is 1. The van der Waals surface area contributed by atoms with Crippen LogP contribution in [0.1, 0.15) is 32.0 Å². The smallest absolute Gasteiger partial charge is 0.291 e. The first-order valence-corrected chi connectivity index (χ1v) is 13.1. The van der Waals surface area contributed by atoms with E-state index in [0.29, 0.717) is 65.0 Å². The number of furan rings is 1. The highest BCUT2D eigenvalue weighted by Gasteiger charge is 2.26. The summed E-state index contributed by atoms with van der Waals surface area (Å²) in [6, 6.07) is 20.7. The minimum Gasteiger partial charge on any atom is -0.451 e. The fourth-order valence-electron chi connectivity index (χ4n) is 4.71. The summed E-state index contributed by atoms with van der Waals surface area (Å²) in [5, 5.41) is 14.7. The van der Waals surface area contributed by atoms with Crippen LogP contribution in [0.3, 0.4) is 0 Å². The lowest BCUT2D eigenvalue weighted by molar-refractivity contribution is -0.385. The van der Waals surface area contributed by atoms with Crippen molar-refractivity contribution in [2.75, 3.05) is 36.4 Å². The van der Waals surface area contributed by atoms with Crippen LogP contribution in [0.5, 0.6) is 0 Å². The number of hydrogen-bond donors (Lipinski definition) is 1. The van der Waals surface area contributed by atoms with Gasteiger partial charge in [-0.3, -0.25) is 19.7 Å². The zero-order valence-electron chi connectivity index (χ0n) is 22.0. The molecule has 0 bridgehead atoms. The highest BCUT2D eigenvalue weighted by molar-refractivity contribution is 6.34. The van der Waals surface area contributed by atoms with E-state index in [0.717, 1.165) is 5.56 Å². The third-order valence-electron chi connectivity index (χ3n) is 6.94. The van der Waals surface area contributed by atoms with Gasteiger partial charge in [0.25, 0.3) is 17.5 Å². The maximum atomic E-state index is 13.1. The van der Waals surface area contributed by atoms with Gasteiger partial charge in [-0.15, -0.1) is 0 Å². The van der Waals surface area contributed by atoms with E-state index in [-0.39, 0.29) is 17.4 Å². The first-order chi connectivity index (χ1) is 19.2. The van der Waals surface area contributed by atoms with Crippen molar-refractivity contribution < 1.29 is 18.9 Å². The number of nitro benzene ring substituents is 1. The Morgan fingerprint density at radius 2 is 1.68 bits per heavy atom. The third-order valence-corrected chi connectivity index (χ3v) is 7.24. The number of halogens is 1. The number of nitrogens with zero attached hydrogens (tertiary/aromatic N) is 3. The zero-order chi connectivity index (χ0) is 28.4. The van der Waals surface area contributed by atoms with Gasteiger partial charge in [-0.25, -0.2) is 0 Å². The van der Waals surface area contributed by atoms with Gasteiger partial charge in [0.15, 0.2) is 5.76 Å². The number of piperazine rings is 1. The molecule has 40 heavy (non-hydrogen) atoms. The van der Waals surface area contributed by atoms with Gasteiger partial charge in [-0.2, -0.15) is 0 Å². The van der Waals surface area contributed by atoms with Gasteiger partial charge in [0.05, 0.1) is 21.3 Å². The summed E-state index contributed by atoms with van der Waals surface area (Å²) in [6.45, 7) is 5.75. The molecule has 1 aliphatic rings. The second kappa shape index (κ2) is 11.2. The summed E-state index contributed by atoms with van der Waals surface area (Å²) < 4.78 is 5.76. The monoisotopic (exact) mass is 558 g/mol. The average Bonchev–Trinajstić information content (AvgIpc) is 3.44. The Morgan fingerprint density at radius 3 is 2.38 bits per heavy atom. The molecule has 1 fully saturated rings. The van der Waals surface area contributed by atoms with Crippen LogP contribution in [0.4, 0.5) is 17.1 Å². The van der Waals surface area contributed by atoms with Crippen LogP contribution in [0, 0.1) is 24.0 Å². The van der Waals surface area contributed by atoms with Gasteiger partial charge in [0, 0.05) is 48.9 Å². The molecular formula is C30H27ClN4O5. The molecular weight excluding hydrogens is 532 g/mol. The first-order valence-electron chi connectivity index (χ1n) is 12.8. The molecule has 10 heteroatoms. The van der Waals surface area contributed by atoms with E-state index in [4.69, 9.17) is 16.0 Å². The minimum absolute atomic E-state index is 0.0140.